The Bertz CT molecular complexity index is 764. The first-order valence-corrected chi connectivity index (χ1v) is 5.58. The molecule has 0 aliphatic rings. The Morgan fingerprint density at radius 1 is 1.10 bits per heavy atom. The summed E-state index contributed by atoms with van der Waals surface area (Å²) >= 11 is 0. The molecule has 102 valence electrons. The van der Waals surface area contributed by atoms with Gasteiger partial charge in [-0.3, -0.25) is 9.36 Å². The van der Waals surface area contributed by atoms with Crippen molar-refractivity contribution in [3.8, 4) is 5.82 Å². The molecular formula is C13H10N2O5. The minimum Gasteiger partial charge on any atom is -0.478 e. The van der Waals surface area contributed by atoms with Gasteiger partial charge in [0.2, 0.25) is 0 Å². The van der Waals surface area contributed by atoms with Crippen LogP contribution in [0.25, 0.3) is 5.82 Å². The van der Waals surface area contributed by atoms with E-state index in [-0.39, 0.29) is 11.4 Å². The van der Waals surface area contributed by atoms with Crippen molar-refractivity contribution < 1.29 is 19.8 Å². The fourth-order valence-corrected chi connectivity index (χ4v) is 1.72. The summed E-state index contributed by atoms with van der Waals surface area (Å²) < 4.78 is 0.917. The van der Waals surface area contributed by atoms with Gasteiger partial charge in [-0.25, -0.2) is 14.6 Å². The molecule has 7 heteroatoms. The molecule has 0 atom stereocenters. The number of aromatic nitrogens is 2. The molecule has 0 radical (unpaired) electrons. The number of aromatic carboxylic acids is 2. The lowest BCUT2D eigenvalue weighted by Gasteiger charge is -2.09. The molecule has 0 bridgehead atoms. The first kappa shape index (κ1) is 13.5. The molecule has 2 aromatic rings. The Kier molecular flexibility index (Phi) is 3.34. The third kappa shape index (κ3) is 2.28. The number of pyridine rings is 2. The zero-order chi connectivity index (χ0) is 14.9. The zero-order valence-corrected chi connectivity index (χ0v) is 10.4. The van der Waals surface area contributed by atoms with Crippen molar-refractivity contribution in [2.75, 3.05) is 0 Å². The molecule has 7 nitrogen and oxygen atoms in total. The van der Waals surface area contributed by atoms with Gasteiger partial charge in [0.25, 0.3) is 5.56 Å². The summed E-state index contributed by atoms with van der Waals surface area (Å²) in [4.78, 5) is 38.2. The summed E-state index contributed by atoms with van der Waals surface area (Å²) in [6.07, 6.45) is 1.28. The number of carboxylic acid groups (broad SMARTS) is 2. The molecule has 2 rings (SSSR count). The van der Waals surface area contributed by atoms with E-state index in [9.17, 15) is 14.4 Å². The number of carboxylic acids is 2. The van der Waals surface area contributed by atoms with Crippen LogP contribution >= 0.6 is 0 Å². The van der Waals surface area contributed by atoms with Crippen molar-refractivity contribution in [2.24, 2.45) is 0 Å². The van der Waals surface area contributed by atoms with E-state index in [4.69, 9.17) is 10.2 Å². The van der Waals surface area contributed by atoms with Crippen LogP contribution in [0, 0.1) is 6.92 Å². The highest BCUT2D eigenvalue weighted by Crippen LogP contribution is 2.12. The highest BCUT2D eigenvalue weighted by Gasteiger charge is 2.17. The summed E-state index contributed by atoms with van der Waals surface area (Å²) in [5, 5.41) is 18.0. The molecule has 0 fully saturated rings. The predicted molar refractivity (Wildman–Crippen MR) is 68.5 cm³/mol. The van der Waals surface area contributed by atoms with Crippen molar-refractivity contribution in [3.05, 3.63) is 57.6 Å². The van der Waals surface area contributed by atoms with Crippen molar-refractivity contribution in [1.82, 2.24) is 9.55 Å². The Hall–Kier alpha value is -2.96. The number of hydrogen-bond acceptors (Lipinski definition) is 4. The number of nitrogens with zero attached hydrogens (tertiary/aromatic N) is 2. The van der Waals surface area contributed by atoms with Gasteiger partial charge in [-0.2, -0.15) is 0 Å². The summed E-state index contributed by atoms with van der Waals surface area (Å²) in [6.45, 7) is 1.64. The van der Waals surface area contributed by atoms with Gasteiger partial charge in [0.05, 0.1) is 0 Å². The summed E-state index contributed by atoms with van der Waals surface area (Å²) in [5.74, 6) is -2.74. The first-order valence-electron chi connectivity index (χ1n) is 5.58. The number of carbonyl (C=O) groups is 2. The normalized spacial score (nSPS) is 10.2. The molecule has 20 heavy (non-hydrogen) atoms. The van der Waals surface area contributed by atoms with Crippen molar-refractivity contribution >= 4 is 11.9 Å². The quantitative estimate of drug-likeness (QED) is 0.861. The van der Waals surface area contributed by atoms with E-state index in [1.165, 1.54) is 24.4 Å². The maximum Gasteiger partial charge on any atom is 0.341 e. The lowest BCUT2D eigenvalue weighted by Crippen LogP contribution is -2.26. The summed E-state index contributed by atoms with van der Waals surface area (Å²) in [7, 11) is 0. The minimum atomic E-state index is -1.38. The molecule has 0 aliphatic carbocycles. The van der Waals surface area contributed by atoms with Crippen LogP contribution in [-0.2, 0) is 0 Å². The zero-order valence-electron chi connectivity index (χ0n) is 10.4. The van der Waals surface area contributed by atoms with Crippen molar-refractivity contribution in [1.29, 1.82) is 0 Å². The van der Waals surface area contributed by atoms with Crippen LogP contribution in [0.5, 0.6) is 0 Å². The van der Waals surface area contributed by atoms with Gasteiger partial charge < -0.3 is 10.2 Å². The third-order valence-electron chi connectivity index (χ3n) is 2.65. The first-order chi connectivity index (χ1) is 9.41. The maximum absolute atomic E-state index is 12.0. The van der Waals surface area contributed by atoms with E-state index >= 15 is 0 Å². The van der Waals surface area contributed by atoms with Crippen molar-refractivity contribution in [3.63, 3.8) is 0 Å². The SMILES string of the molecule is Cc1ccc(C(=O)O)c(-n2cccc(C(=O)O)c2=O)n1. The standard InChI is InChI=1S/C13H10N2O5/c1-7-4-5-8(12(17)18)10(14-7)15-6-2-3-9(11(15)16)13(19)20/h2-6H,1H3,(H,17,18)(H,19,20). The second-order valence-electron chi connectivity index (χ2n) is 4.03. The van der Waals surface area contributed by atoms with E-state index in [1.54, 1.807) is 6.92 Å². The number of aryl methyl sites for hydroxylation is 1. The minimum absolute atomic E-state index is 0.106. The smallest absolute Gasteiger partial charge is 0.341 e. The molecule has 0 spiro atoms. The van der Waals surface area contributed by atoms with E-state index < -0.39 is 23.1 Å². The molecule has 2 heterocycles. The second kappa shape index (κ2) is 4.96. The van der Waals surface area contributed by atoms with Gasteiger partial charge >= 0.3 is 11.9 Å². The Balaban J connectivity index is 2.78. The van der Waals surface area contributed by atoms with Crippen LogP contribution in [-0.4, -0.2) is 31.7 Å². The van der Waals surface area contributed by atoms with Crippen LogP contribution in [0.2, 0.25) is 0 Å². The van der Waals surface area contributed by atoms with Gasteiger partial charge in [-0.1, -0.05) is 0 Å². The third-order valence-corrected chi connectivity index (χ3v) is 2.65. The molecule has 0 amide bonds. The summed E-state index contributed by atoms with van der Waals surface area (Å²) in [6, 6.07) is 5.32. The fraction of sp³-hybridized carbons (Fsp3) is 0.0769. The Morgan fingerprint density at radius 3 is 2.35 bits per heavy atom. The van der Waals surface area contributed by atoms with Gasteiger partial charge in [0.15, 0.2) is 5.82 Å². The van der Waals surface area contributed by atoms with Crippen LogP contribution < -0.4 is 5.56 Å². The Morgan fingerprint density at radius 2 is 1.75 bits per heavy atom. The van der Waals surface area contributed by atoms with E-state index in [0.29, 0.717) is 5.69 Å². The van der Waals surface area contributed by atoms with Crippen LogP contribution in [0.15, 0.2) is 35.3 Å². The highest BCUT2D eigenvalue weighted by atomic mass is 16.4. The van der Waals surface area contributed by atoms with E-state index in [1.807, 2.05) is 0 Å². The lowest BCUT2D eigenvalue weighted by atomic mass is 10.2. The molecule has 2 aromatic heterocycles. The van der Waals surface area contributed by atoms with Gasteiger partial charge in [0, 0.05) is 11.9 Å². The van der Waals surface area contributed by atoms with Gasteiger partial charge in [-0.15, -0.1) is 0 Å². The average Bonchev–Trinajstić information content (AvgIpc) is 2.38. The topological polar surface area (TPSA) is 109 Å². The number of hydrogen-bond donors (Lipinski definition) is 2. The maximum atomic E-state index is 12.0. The molecule has 0 aromatic carbocycles. The monoisotopic (exact) mass is 274 g/mol. The van der Waals surface area contributed by atoms with E-state index in [2.05, 4.69) is 4.98 Å². The van der Waals surface area contributed by atoms with Crippen LogP contribution in [0.3, 0.4) is 0 Å². The lowest BCUT2D eigenvalue weighted by molar-refractivity contribution is 0.0686. The Labute approximate surface area is 112 Å². The molecule has 0 aliphatic heterocycles. The largest absolute Gasteiger partial charge is 0.478 e. The number of rotatable bonds is 3. The molecular weight excluding hydrogens is 264 g/mol. The average molecular weight is 274 g/mol. The van der Waals surface area contributed by atoms with Crippen molar-refractivity contribution in [2.45, 2.75) is 6.92 Å². The van der Waals surface area contributed by atoms with Crippen LogP contribution in [0.4, 0.5) is 0 Å². The van der Waals surface area contributed by atoms with Crippen LogP contribution in [0.1, 0.15) is 26.4 Å². The molecule has 0 unspecified atom stereocenters. The molecule has 2 N–H and O–H groups in total. The summed E-state index contributed by atoms with van der Waals surface area (Å²) in [5.41, 5.74) is -0.953. The predicted octanol–water partition coefficient (Wildman–Crippen LogP) is 0.937. The van der Waals surface area contributed by atoms with Gasteiger partial charge in [0.1, 0.15) is 11.1 Å². The van der Waals surface area contributed by atoms with E-state index in [0.717, 1.165) is 10.6 Å². The van der Waals surface area contributed by atoms with Gasteiger partial charge in [-0.05, 0) is 31.2 Å². The highest BCUT2D eigenvalue weighted by molar-refractivity contribution is 5.91. The second-order valence-corrected chi connectivity index (χ2v) is 4.03. The molecule has 0 saturated heterocycles. The molecule has 0 saturated carbocycles. The fourth-order valence-electron chi connectivity index (χ4n) is 1.72.